The Morgan fingerprint density at radius 3 is 2.67 bits per heavy atom. The summed E-state index contributed by atoms with van der Waals surface area (Å²) in [5.41, 5.74) is 1.38. The lowest BCUT2D eigenvalue weighted by Gasteiger charge is -2.10. The zero-order valence-electron chi connectivity index (χ0n) is 14.7. The van der Waals surface area contributed by atoms with Crippen LogP contribution in [-0.2, 0) is 19.3 Å². The van der Waals surface area contributed by atoms with Gasteiger partial charge in [0, 0.05) is 37.1 Å². The highest BCUT2D eigenvalue weighted by atomic mass is 32.1. The van der Waals surface area contributed by atoms with E-state index in [1.165, 1.54) is 15.4 Å². The van der Waals surface area contributed by atoms with E-state index in [1.807, 2.05) is 6.20 Å². The van der Waals surface area contributed by atoms with Gasteiger partial charge in [0.05, 0.1) is 5.01 Å². The molecule has 0 spiro atoms. The third-order valence-corrected chi connectivity index (χ3v) is 4.86. The second-order valence-electron chi connectivity index (χ2n) is 5.60. The highest BCUT2D eigenvalue weighted by Crippen LogP contribution is 2.13. The van der Waals surface area contributed by atoms with E-state index >= 15 is 0 Å². The number of nitrogens with zero attached hydrogens (tertiary/aromatic N) is 2. The van der Waals surface area contributed by atoms with Crippen molar-refractivity contribution >= 4 is 17.3 Å². The molecule has 2 N–H and O–H groups in total. The first-order valence-corrected chi connectivity index (χ1v) is 9.63. The molecule has 0 aliphatic rings. The molecule has 2 aromatic rings. The average molecular weight is 345 g/mol. The number of hydrogen-bond donors (Lipinski definition) is 2. The molecular weight excluding hydrogens is 316 g/mol. The fraction of sp³-hybridized carbons (Fsp3) is 0.474. The Morgan fingerprint density at radius 2 is 1.96 bits per heavy atom. The van der Waals surface area contributed by atoms with Gasteiger partial charge < -0.3 is 10.6 Å². The van der Waals surface area contributed by atoms with E-state index < -0.39 is 0 Å². The molecule has 2 rings (SSSR count). The maximum atomic E-state index is 4.66. The second kappa shape index (κ2) is 10.8. The molecule has 0 bridgehead atoms. The molecule has 0 aliphatic carbocycles. The summed E-state index contributed by atoms with van der Waals surface area (Å²) in [5, 5.41) is 7.90. The molecule has 0 fully saturated rings. The maximum absolute atomic E-state index is 4.66. The predicted octanol–water partition coefficient (Wildman–Crippen LogP) is 3.44. The van der Waals surface area contributed by atoms with Gasteiger partial charge in [-0.15, -0.1) is 11.3 Å². The van der Waals surface area contributed by atoms with Crippen molar-refractivity contribution in [1.29, 1.82) is 0 Å². The van der Waals surface area contributed by atoms with Crippen molar-refractivity contribution in [1.82, 2.24) is 15.6 Å². The predicted molar refractivity (Wildman–Crippen MR) is 104 cm³/mol. The fourth-order valence-electron chi connectivity index (χ4n) is 2.38. The van der Waals surface area contributed by atoms with E-state index in [1.54, 1.807) is 11.3 Å². The van der Waals surface area contributed by atoms with E-state index in [0.717, 1.165) is 51.3 Å². The smallest absolute Gasteiger partial charge is 0.191 e. The van der Waals surface area contributed by atoms with Gasteiger partial charge in [-0.1, -0.05) is 37.3 Å². The minimum absolute atomic E-state index is 0.835. The number of guanidine groups is 1. The van der Waals surface area contributed by atoms with Crippen LogP contribution in [0, 0.1) is 0 Å². The fourth-order valence-corrected chi connectivity index (χ4v) is 3.24. The van der Waals surface area contributed by atoms with Crippen molar-refractivity contribution in [3.63, 3.8) is 0 Å². The van der Waals surface area contributed by atoms with Crippen LogP contribution in [0.1, 0.15) is 35.7 Å². The van der Waals surface area contributed by atoms with Crippen LogP contribution in [0.3, 0.4) is 0 Å². The Balaban J connectivity index is 1.71. The van der Waals surface area contributed by atoms with Crippen LogP contribution in [0.25, 0.3) is 0 Å². The maximum Gasteiger partial charge on any atom is 0.191 e. The van der Waals surface area contributed by atoms with Crippen molar-refractivity contribution in [2.24, 2.45) is 4.99 Å². The molecule has 0 radical (unpaired) electrons. The van der Waals surface area contributed by atoms with Crippen LogP contribution in [-0.4, -0.2) is 30.6 Å². The first-order chi connectivity index (χ1) is 11.8. The highest BCUT2D eigenvalue weighted by Gasteiger charge is 2.02. The van der Waals surface area contributed by atoms with E-state index in [9.17, 15) is 0 Å². The van der Waals surface area contributed by atoms with Gasteiger partial charge >= 0.3 is 0 Å². The summed E-state index contributed by atoms with van der Waals surface area (Å²) in [6.45, 7) is 6.83. The van der Waals surface area contributed by atoms with E-state index in [-0.39, 0.29) is 0 Å². The molecule has 130 valence electrons. The van der Waals surface area contributed by atoms with Crippen molar-refractivity contribution in [3.8, 4) is 0 Å². The van der Waals surface area contributed by atoms with Gasteiger partial charge in [0.1, 0.15) is 0 Å². The normalized spacial score (nSPS) is 11.5. The van der Waals surface area contributed by atoms with Gasteiger partial charge in [0.15, 0.2) is 5.96 Å². The Labute approximate surface area is 149 Å². The molecule has 4 nitrogen and oxygen atoms in total. The quantitative estimate of drug-likeness (QED) is 0.416. The summed E-state index contributed by atoms with van der Waals surface area (Å²) in [5.74, 6) is 0.901. The molecule has 0 saturated heterocycles. The van der Waals surface area contributed by atoms with Gasteiger partial charge in [-0.25, -0.2) is 4.98 Å². The molecule has 5 heteroatoms. The number of benzene rings is 1. The van der Waals surface area contributed by atoms with Crippen molar-refractivity contribution < 1.29 is 0 Å². The van der Waals surface area contributed by atoms with Crippen LogP contribution < -0.4 is 10.6 Å². The Kier molecular flexibility index (Phi) is 8.32. The molecule has 24 heavy (non-hydrogen) atoms. The lowest BCUT2D eigenvalue weighted by atomic mass is 10.1. The van der Waals surface area contributed by atoms with Crippen molar-refractivity contribution in [2.75, 3.05) is 19.6 Å². The highest BCUT2D eigenvalue weighted by molar-refractivity contribution is 7.11. The monoisotopic (exact) mass is 344 g/mol. The van der Waals surface area contributed by atoms with Gasteiger partial charge in [0.25, 0.3) is 0 Å². The molecule has 0 atom stereocenters. The van der Waals surface area contributed by atoms with Crippen molar-refractivity contribution in [3.05, 3.63) is 52.0 Å². The molecule has 0 unspecified atom stereocenters. The standard InChI is InChI=1S/C19H28N4S/c1-3-17-15-23-18(24-17)12-14-22-19(20-4-2)21-13-8-11-16-9-6-5-7-10-16/h5-7,9-10,15H,3-4,8,11-14H2,1-2H3,(H2,20,21,22). The number of hydrogen-bond acceptors (Lipinski definition) is 3. The summed E-state index contributed by atoms with van der Waals surface area (Å²) < 4.78 is 0. The molecule has 1 aromatic heterocycles. The first-order valence-electron chi connectivity index (χ1n) is 8.81. The minimum atomic E-state index is 0.835. The van der Waals surface area contributed by atoms with Crippen LogP contribution in [0.2, 0.25) is 0 Å². The van der Waals surface area contributed by atoms with Crippen molar-refractivity contribution in [2.45, 2.75) is 39.5 Å². The van der Waals surface area contributed by atoms with Gasteiger partial charge in [-0.3, -0.25) is 4.99 Å². The zero-order valence-corrected chi connectivity index (χ0v) is 15.5. The molecule has 0 amide bonds. The van der Waals surface area contributed by atoms with Crippen LogP contribution in [0.5, 0.6) is 0 Å². The zero-order chi connectivity index (χ0) is 17.0. The first kappa shape index (κ1) is 18.5. The molecule has 0 aliphatic heterocycles. The van der Waals surface area contributed by atoms with E-state index in [4.69, 9.17) is 0 Å². The average Bonchev–Trinajstić information content (AvgIpc) is 3.07. The lowest BCUT2D eigenvalue weighted by molar-refractivity contribution is 0.775. The van der Waals surface area contributed by atoms with Crippen LogP contribution in [0.15, 0.2) is 41.5 Å². The Morgan fingerprint density at radius 1 is 1.12 bits per heavy atom. The van der Waals surface area contributed by atoms with Crippen LogP contribution >= 0.6 is 11.3 Å². The Hall–Kier alpha value is -1.88. The second-order valence-corrected chi connectivity index (χ2v) is 6.80. The summed E-state index contributed by atoms with van der Waals surface area (Å²) in [7, 11) is 0. The number of nitrogens with one attached hydrogen (secondary N) is 2. The van der Waals surface area contributed by atoms with E-state index in [2.05, 4.69) is 64.8 Å². The SMILES string of the molecule is CCNC(=NCCCc1ccccc1)NCCc1ncc(CC)s1. The minimum Gasteiger partial charge on any atom is -0.357 e. The summed E-state index contributed by atoms with van der Waals surface area (Å²) in [6, 6.07) is 10.6. The number of rotatable bonds is 9. The molecule has 0 saturated carbocycles. The lowest BCUT2D eigenvalue weighted by Crippen LogP contribution is -2.38. The van der Waals surface area contributed by atoms with Crippen LogP contribution in [0.4, 0.5) is 0 Å². The van der Waals surface area contributed by atoms with Gasteiger partial charge in [-0.2, -0.15) is 0 Å². The largest absolute Gasteiger partial charge is 0.357 e. The number of aryl methyl sites for hydroxylation is 2. The van der Waals surface area contributed by atoms with Gasteiger partial charge in [0.2, 0.25) is 0 Å². The molecular formula is C19H28N4S. The Bertz CT molecular complexity index is 607. The molecule has 1 aromatic carbocycles. The summed E-state index contributed by atoms with van der Waals surface area (Å²) >= 11 is 1.81. The van der Waals surface area contributed by atoms with E-state index in [0.29, 0.717) is 0 Å². The topological polar surface area (TPSA) is 49.3 Å². The number of aliphatic imine (C=N–C) groups is 1. The molecule has 1 heterocycles. The number of thiazole rings is 1. The summed E-state index contributed by atoms with van der Waals surface area (Å²) in [4.78, 5) is 10.5. The van der Waals surface area contributed by atoms with Gasteiger partial charge in [-0.05, 0) is 31.7 Å². The number of aromatic nitrogens is 1. The third-order valence-electron chi connectivity index (χ3n) is 3.66. The summed E-state index contributed by atoms with van der Waals surface area (Å²) in [6.07, 6.45) is 6.13. The third kappa shape index (κ3) is 6.71.